The minimum absolute atomic E-state index is 0.166. The predicted octanol–water partition coefficient (Wildman–Crippen LogP) is 2.56. The lowest BCUT2D eigenvalue weighted by Crippen LogP contribution is -2.22. The van der Waals surface area contributed by atoms with Gasteiger partial charge in [-0.15, -0.1) is 0 Å². The van der Waals surface area contributed by atoms with Gasteiger partial charge in [0, 0.05) is 12.0 Å². The molecule has 1 aliphatic heterocycles. The molecule has 13 heavy (non-hydrogen) atoms. The highest BCUT2D eigenvalue weighted by Gasteiger charge is 2.20. The van der Waals surface area contributed by atoms with Gasteiger partial charge in [-0.05, 0) is 32.1 Å². The number of hydrogen-bond donors (Lipinski definition) is 0. The Labute approximate surface area is 80.7 Å². The molecule has 0 aromatic rings. The van der Waals surface area contributed by atoms with Crippen molar-refractivity contribution in [3.63, 3.8) is 0 Å². The SMILES string of the molecule is CC(C)(C=O)CCC1CCCCO1. The molecule has 1 atom stereocenters. The summed E-state index contributed by atoms with van der Waals surface area (Å²) in [6, 6.07) is 0. The molecule has 1 heterocycles. The largest absolute Gasteiger partial charge is 0.378 e. The maximum atomic E-state index is 10.7. The molecular formula is C11H20O2. The Morgan fingerprint density at radius 3 is 2.77 bits per heavy atom. The summed E-state index contributed by atoms with van der Waals surface area (Å²) in [5.74, 6) is 0. The molecule has 2 nitrogen and oxygen atoms in total. The molecule has 1 fully saturated rings. The van der Waals surface area contributed by atoms with Crippen molar-refractivity contribution < 1.29 is 9.53 Å². The average molecular weight is 184 g/mol. The van der Waals surface area contributed by atoms with Crippen LogP contribution in [-0.2, 0) is 9.53 Å². The van der Waals surface area contributed by atoms with Gasteiger partial charge in [-0.2, -0.15) is 0 Å². The number of aldehydes is 1. The highest BCUT2D eigenvalue weighted by atomic mass is 16.5. The molecule has 0 amide bonds. The van der Waals surface area contributed by atoms with Crippen molar-refractivity contribution in [2.75, 3.05) is 6.61 Å². The van der Waals surface area contributed by atoms with Crippen molar-refractivity contribution in [2.24, 2.45) is 5.41 Å². The molecule has 76 valence electrons. The topological polar surface area (TPSA) is 26.3 Å². The Kier molecular flexibility index (Phi) is 3.91. The van der Waals surface area contributed by atoms with E-state index >= 15 is 0 Å². The molecule has 1 aliphatic rings. The molecule has 0 saturated carbocycles. The molecule has 0 radical (unpaired) electrons. The molecule has 1 saturated heterocycles. The first-order valence-electron chi connectivity index (χ1n) is 5.22. The standard InChI is InChI=1S/C11H20O2/c1-11(2,9-12)7-6-10-5-3-4-8-13-10/h9-10H,3-8H2,1-2H3. The van der Waals surface area contributed by atoms with Gasteiger partial charge >= 0.3 is 0 Å². The fraction of sp³-hybridized carbons (Fsp3) is 0.909. The lowest BCUT2D eigenvalue weighted by atomic mass is 9.87. The minimum Gasteiger partial charge on any atom is -0.378 e. The second-order valence-corrected chi connectivity index (χ2v) is 4.63. The van der Waals surface area contributed by atoms with Gasteiger partial charge in [-0.25, -0.2) is 0 Å². The summed E-state index contributed by atoms with van der Waals surface area (Å²) in [7, 11) is 0. The van der Waals surface area contributed by atoms with Gasteiger partial charge in [0.1, 0.15) is 6.29 Å². The van der Waals surface area contributed by atoms with Crippen LogP contribution in [-0.4, -0.2) is 19.0 Å². The molecule has 1 unspecified atom stereocenters. The number of carbonyl (C=O) groups excluding carboxylic acids is 1. The van der Waals surface area contributed by atoms with Gasteiger partial charge in [0.2, 0.25) is 0 Å². The van der Waals surface area contributed by atoms with E-state index in [2.05, 4.69) is 0 Å². The number of rotatable bonds is 4. The zero-order valence-corrected chi connectivity index (χ0v) is 8.71. The van der Waals surface area contributed by atoms with Crippen LogP contribution in [0.5, 0.6) is 0 Å². The Morgan fingerprint density at radius 2 is 2.23 bits per heavy atom. The Balaban J connectivity index is 2.20. The number of carbonyl (C=O) groups is 1. The van der Waals surface area contributed by atoms with E-state index in [0.29, 0.717) is 6.10 Å². The van der Waals surface area contributed by atoms with E-state index in [1.807, 2.05) is 13.8 Å². The van der Waals surface area contributed by atoms with Gasteiger partial charge in [0.15, 0.2) is 0 Å². The van der Waals surface area contributed by atoms with Crippen molar-refractivity contribution in [2.45, 2.75) is 52.1 Å². The summed E-state index contributed by atoms with van der Waals surface area (Å²) in [5.41, 5.74) is -0.166. The van der Waals surface area contributed by atoms with Crippen molar-refractivity contribution in [1.29, 1.82) is 0 Å². The molecule has 1 rings (SSSR count). The quantitative estimate of drug-likeness (QED) is 0.628. The van der Waals surface area contributed by atoms with Gasteiger partial charge in [0.25, 0.3) is 0 Å². The van der Waals surface area contributed by atoms with Crippen LogP contribution in [0.2, 0.25) is 0 Å². The van der Waals surface area contributed by atoms with Gasteiger partial charge in [-0.3, -0.25) is 0 Å². The summed E-state index contributed by atoms with van der Waals surface area (Å²) in [4.78, 5) is 10.7. The molecular weight excluding hydrogens is 164 g/mol. The number of ether oxygens (including phenoxy) is 1. The van der Waals surface area contributed by atoms with E-state index in [0.717, 1.165) is 25.7 Å². The maximum absolute atomic E-state index is 10.7. The first-order chi connectivity index (χ1) is 6.14. The zero-order valence-electron chi connectivity index (χ0n) is 8.71. The first kappa shape index (κ1) is 10.7. The van der Waals surface area contributed by atoms with Gasteiger partial charge in [0.05, 0.1) is 6.10 Å². The van der Waals surface area contributed by atoms with Crippen LogP contribution in [0.4, 0.5) is 0 Å². The summed E-state index contributed by atoms with van der Waals surface area (Å²) < 4.78 is 5.60. The molecule has 0 bridgehead atoms. The predicted molar refractivity (Wildman–Crippen MR) is 52.7 cm³/mol. The average Bonchev–Trinajstić information content (AvgIpc) is 2.17. The summed E-state index contributed by atoms with van der Waals surface area (Å²) in [6.45, 7) is 4.89. The molecule has 0 spiro atoms. The Hall–Kier alpha value is -0.370. The third-order valence-electron chi connectivity index (χ3n) is 2.70. The van der Waals surface area contributed by atoms with Crippen LogP contribution >= 0.6 is 0 Å². The van der Waals surface area contributed by atoms with E-state index in [-0.39, 0.29) is 5.41 Å². The second kappa shape index (κ2) is 4.75. The van der Waals surface area contributed by atoms with Crippen LogP contribution in [0.1, 0.15) is 46.0 Å². The van der Waals surface area contributed by atoms with Crippen LogP contribution in [0.25, 0.3) is 0 Å². The van der Waals surface area contributed by atoms with Crippen molar-refractivity contribution in [3.8, 4) is 0 Å². The molecule has 0 aliphatic carbocycles. The Bertz CT molecular complexity index is 157. The molecule has 0 aromatic carbocycles. The van der Waals surface area contributed by atoms with Crippen LogP contribution in [0.3, 0.4) is 0 Å². The summed E-state index contributed by atoms with van der Waals surface area (Å²) >= 11 is 0. The smallest absolute Gasteiger partial charge is 0.125 e. The van der Waals surface area contributed by atoms with Gasteiger partial charge < -0.3 is 9.53 Å². The summed E-state index contributed by atoms with van der Waals surface area (Å²) in [5, 5.41) is 0. The third-order valence-corrected chi connectivity index (χ3v) is 2.70. The second-order valence-electron chi connectivity index (χ2n) is 4.63. The maximum Gasteiger partial charge on any atom is 0.125 e. The molecule has 0 N–H and O–H groups in total. The van der Waals surface area contributed by atoms with Crippen LogP contribution < -0.4 is 0 Å². The van der Waals surface area contributed by atoms with E-state index in [1.165, 1.54) is 19.3 Å². The van der Waals surface area contributed by atoms with E-state index in [1.54, 1.807) is 0 Å². The highest BCUT2D eigenvalue weighted by Crippen LogP contribution is 2.24. The van der Waals surface area contributed by atoms with Crippen LogP contribution in [0, 0.1) is 5.41 Å². The summed E-state index contributed by atoms with van der Waals surface area (Å²) in [6.07, 6.45) is 7.10. The van der Waals surface area contributed by atoms with E-state index < -0.39 is 0 Å². The zero-order chi connectivity index (χ0) is 9.73. The lowest BCUT2D eigenvalue weighted by Gasteiger charge is -2.25. The third kappa shape index (κ3) is 3.90. The monoisotopic (exact) mass is 184 g/mol. The van der Waals surface area contributed by atoms with Crippen LogP contribution in [0.15, 0.2) is 0 Å². The van der Waals surface area contributed by atoms with Crippen molar-refractivity contribution in [1.82, 2.24) is 0 Å². The molecule has 2 heteroatoms. The fourth-order valence-corrected chi connectivity index (χ4v) is 1.63. The van der Waals surface area contributed by atoms with Crippen molar-refractivity contribution in [3.05, 3.63) is 0 Å². The first-order valence-corrected chi connectivity index (χ1v) is 5.22. The van der Waals surface area contributed by atoms with Crippen molar-refractivity contribution >= 4 is 6.29 Å². The highest BCUT2D eigenvalue weighted by molar-refractivity contribution is 5.57. The lowest BCUT2D eigenvalue weighted by molar-refractivity contribution is -0.115. The minimum atomic E-state index is -0.166. The van der Waals surface area contributed by atoms with Gasteiger partial charge in [-0.1, -0.05) is 13.8 Å². The normalized spacial score (nSPS) is 24.3. The van der Waals surface area contributed by atoms with E-state index in [4.69, 9.17) is 4.74 Å². The Morgan fingerprint density at radius 1 is 1.46 bits per heavy atom. The number of hydrogen-bond acceptors (Lipinski definition) is 2. The molecule has 0 aromatic heterocycles. The van der Waals surface area contributed by atoms with E-state index in [9.17, 15) is 4.79 Å². The fourth-order valence-electron chi connectivity index (χ4n) is 1.63.